The van der Waals surface area contributed by atoms with Crippen LogP contribution in [0.5, 0.6) is 5.75 Å². The molecule has 1 amide bonds. The van der Waals surface area contributed by atoms with E-state index in [0.29, 0.717) is 15.9 Å². The Bertz CT molecular complexity index is 825. The van der Waals surface area contributed by atoms with Crippen LogP contribution in [0.3, 0.4) is 0 Å². The van der Waals surface area contributed by atoms with Gasteiger partial charge in [0.05, 0.1) is 5.02 Å². The molecule has 9 heteroatoms. The summed E-state index contributed by atoms with van der Waals surface area (Å²) >= 11 is 9.18. The van der Waals surface area contributed by atoms with Crippen molar-refractivity contribution in [2.45, 2.75) is 4.90 Å². The third-order valence-electron chi connectivity index (χ3n) is 2.67. The van der Waals surface area contributed by atoms with Crippen LogP contribution in [-0.2, 0) is 14.8 Å². The topological polar surface area (TPSA) is 98.5 Å². The Morgan fingerprint density at radius 1 is 1.22 bits per heavy atom. The second-order valence-electron chi connectivity index (χ2n) is 4.46. The summed E-state index contributed by atoms with van der Waals surface area (Å²) in [5.74, 6) is -0.201. The number of hydrogen-bond acceptors (Lipinski definition) is 4. The van der Waals surface area contributed by atoms with Gasteiger partial charge in [-0.05, 0) is 42.5 Å². The van der Waals surface area contributed by atoms with Gasteiger partial charge in [0, 0.05) is 10.2 Å². The number of nitrogens with two attached hydrogens (primary N) is 1. The summed E-state index contributed by atoms with van der Waals surface area (Å²) in [6.07, 6.45) is 0. The van der Waals surface area contributed by atoms with Gasteiger partial charge in [-0.3, -0.25) is 9.52 Å². The molecule has 0 saturated heterocycles. The zero-order chi connectivity index (χ0) is 17.0. The smallest absolute Gasteiger partial charge is 0.263 e. The van der Waals surface area contributed by atoms with Crippen molar-refractivity contribution < 1.29 is 17.9 Å². The number of rotatable bonds is 6. The number of amides is 1. The summed E-state index contributed by atoms with van der Waals surface area (Å²) in [5, 5.41) is 0.105. The molecule has 6 nitrogen and oxygen atoms in total. The highest BCUT2D eigenvalue weighted by Crippen LogP contribution is 2.27. The Hall–Kier alpha value is -1.77. The quantitative estimate of drug-likeness (QED) is 0.752. The summed E-state index contributed by atoms with van der Waals surface area (Å²) in [4.78, 5) is 10.6. The molecule has 0 saturated carbocycles. The van der Waals surface area contributed by atoms with E-state index in [1.807, 2.05) is 0 Å². The summed E-state index contributed by atoms with van der Waals surface area (Å²) in [6, 6.07) is 10.5. The van der Waals surface area contributed by atoms with E-state index in [1.165, 1.54) is 36.4 Å². The fraction of sp³-hybridized carbons (Fsp3) is 0.0714. The number of anilines is 1. The Morgan fingerprint density at radius 3 is 2.43 bits per heavy atom. The minimum absolute atomic E-state index is 0.0311. The first kappa shape index (κ1) is 17.6. The van der Waals surface area contributed by atoms with Crippen molar-refractivity contribution in [3.05, 3.63) is 52.0 Å². The molecule has 2 aromatic rings. The number of halogens is 2. The van der Waals surface area contributed by atoms with Crippen molar-refractivity contribution in [2.24, 2.45) is 5.73 Å². The van der Waals surface area contributed by atoms with Gasteiger partial charge in [0.25, 0.3) is 15.9 Å². The molecule has 2 aromatic carbocycles. The van der Waals surface area contributed by atoms with Crippen LogP contribution in [0.2, 0.25) is 5.02 Å². The Labute approximate surface area is 146 Å². The second-order valence-corrected chi connectivity index (χ2v) is 7.43. The first-order valence-corrected chi connectivity index (χ1v) is 8.92. The number of primary amides is 1. The lowest BCUT2D eigenvalue weighted by molar-refractivity contribution is -0.119. The third-order valence-corrected chi connectivity index (χ3v) is 5.03. The molecule has 0 aliphatic heterocycles. The minimum atomic E-state index is -3.82. The van der Waals surface area contributed by atoms with Gasteiger partial charge in [0.15, 0.2) is 6.61 Å². The highest BCUT2D eigenvalue weighted by molar-refractivity contribution is 9.10. The molecular weight excluding hydrogens is 408 g/mol. The SMILES string of the molecule is NC(=O)COc1ccc(NS(=O)(=O)c2ccc(Br)cc2Cl)cc1. The van der Waals surface area contributed by atoms with E-state index in [0.717, 1.165) is 0 Å². The molecule has 0 spiro atoms. The highest BCUT2D eigenvalue weighted by Gasteiger charge is 2.18. The van der Waals surface area contributed by atoms with Gasteiger partial charge in [-0.25, -0.2) is 8.42 Å². The van der Waals surface area contributed by atoms with Crippen LogP contribution in [0.25, 0.3) is 0 Å². The predicted octanol–water partition coefficient (Wildman–Crippen LogP) is 2.77. The lowest BCUT2D eigenvalue weighted by Gasteiger charge is -2.10. The van der Waals surface area contributed by atoms with Gasteiger partial charge < -0.3 is 10.5 Å². The average molecular weight is 420 g/mol. The second kappa shape index (κ2) is 7.20. The molecule has 0 aliphatic carbocycles. The standard InChI is InChI=1S/C14H12BrClN2O4S/c15-9-1-6-13(12(16)7-9)23(20,21)18-10-2-4-11(5-3-10)22-8-14(17)19/h1-7,18H,8H2,(H2,17,19). The fourth-order valence-corrected chi connectivity index (χ4v) is 3.77. The molecular formula is C14H12BrClN2O4S. The van der Waals surface area contributed by atoms with Gasteiger partial charge in [0.2, 0.25) is 0 Å². The van der Waals surface area contributed by atoms with E-state index >= 15 is 0 Å². The summed E-state index contributed by atoms with van der Waals surface area (Å²) < 4.78 is 32.8. The summed E-state index contributed by atoms with van der Waals surface area (Å²) in [6.45, 7) is -0.250. The van der Waals surface area contributed by atoms with E-state index in [4.69, 9.17) is 22.1 Å². The van der Waals surface area contributed by atoms with Crippen molar-refractivity contribution >= 4 is 49.1 Å². The van der Waals surface area contributed by atoms with Gasteiger partial charge in [-0.2, -0.15) is 0 Å². The van der Waals surface area contributed by atoms with E-state index in [-0.39, 0.29) is 16.5 Å². The van der Waals surface area contributed by atoms with E-state index in [9.17, 15) is 13.2 Å². The number of ether oxygens (including phenoxy) is 1. The molecule has 0 aromatic heterocycles. The van der Waals surface area contributed by atoms with Crippen molar-refractivity contribution in [1.82, 2.24) is 0 Å². The monoisotopic (exact) mass is 418 g/mol. The van der Waals surface area contributed by atoms with Crippen LogP contribution in [0.1, 0.15) is 0 Å². The maximum absolute atomic E-state index is 12.3. The lowest BCUT2D eigenvalue weighted by Crippen LogP contribution is -2.20. The molecule has 0 fully saturated rings. The van der Waals surface area contributed by atoms with Crippen molar-refractivity contribution in [3.63, 3.8) is 0 Å². The van der Waals surface area contributed by atoms with Crippen LogP contribution >= 0.6 is 27.5 Å². The highest BCUT2D eigenvalue weighted by atomic mass is 79.9. The average Bonchev–Trinajstić information content (AvgIpc) is 2.45. The molecule has 0 aliphatic rings. The molecule has 122 valence electrons. The molecule has 23 heavy (non-hydrogen) atoms. The van der Waals surface area contributed by atoms with Crippen LogP contribution in [0, 0.1) is 0 Å². The normalized spacial score (nSPS) is 11.0. The Morgan fingerprint density at radius 2 is 1.87 bits per heavy atom. The molecule has 2 rings (SSSR count). The minimum Gasteiger partial charge on any atom is -0.484 e. The van der Waals surface area contributed by atoms with Gasteiger partial charge in [-0.1, -0.05) is 27.5 Å². The zero-order valence-corrected chi connectivity index (χ0v) is 14.8. The fourth-order valence-electron chi connectivity index (χ4n) is 1.68. The Kier molecular flexibility index (Phi) is 5.51. The first-order valence-electron chi connectivity index (χ1n) is 6.27. The Balaban J connectivity index is 2.15. The van der Waals surface area contributed by atoms with Crippen molar-refractivity contribution in [3.8, 4) is 5.75 Å². The number of carbonyl (C=O) groups is 1. The van der Waals surface area contributed by atoms with Crippen molar-refractivity contribution in [1.29, 1.82) is 0 Å². The van der Waals surface area contributed by atoms with E-state index < -0.39 is 15.9 Å². The molecule has 0 atom stereocenters. The molecule has 3 N–H and O–H groups in total. The largest absolute Gasteiger partial charge is 0.484 e. The molecule has 0 unspecified atom stereocenters. The van der Waals surface area contributed by atoms with E-state index in [2.05, 4.69) is 20.7 Å². The van der Waals surface area contributed by atoms with Crippen LogP contribution in [-0.4, -0.2) is 20.9 Å². The maximum atomic E-state index is 12.3. The lowest BCUT2D eigenvalue weighted by atomic mass is 10.3. The number of nitrogens with one attached hydrogen (secondary N) is 1. The number of sulfonamides is 1. The van der Waals surface area contributed by atoms with Gasteiger partial charge in [0.1, 0.15) is 10.6 Å². The van der Waals surface area contributed by atoms with Gasteiger partial charge >= 0.3 is 0 Å². The maximum Gasteiger partial charge on any atom is 0.263 e. The predicted molar refractivity (Wildman–Crippen MR) is 91.1 cm³/mol. The number of hydrogen-bond donors (Lipinski definition) is 2. The van der Waals surface area contributed by atoms with Crippen LogP contribution in [0.4, 0.5) is 5.69 Å². The van der Waals surface area contributed by atoms with Gasteiger partial charge in [-0.15, -0.1) is 0 Å². The number of benzene rings is 2. The zero-order valence-electron chi connectivity index (χ0n) is 11.6. The number of carbonyl (C=O) groups excluding carboxylic acids is 1. The van der Waals surface area contributed by atoms with Crippen LogP contribution < -0.4 is 15.2 Å². The van der Waals surface area contributed by atoms with Crippen molar-refractivity contribution in [2.75, 3.05) is 11.3 Å². The molecule has 0 radical (unpaired) electrons. The summed E-state index contributed by atoms with van der Waals surface area (Å²) in [5.41, 5.74) is 5.30. The molecule has 0 bridgehead atoms. The first-order chi connectivity index (χ1) is 10.8. The van der Waals surface area contributed by atoms with Crippen LogP contribution in [0.15, 0.2) is 51.8 Å². The molecule has 0 heterocycles. The summed E-state index contributed by atoms with van der Waals surface area (Å²) in [7, 11) is -3.82. The third kappa shape index (κ3) is 4.85. The van der Waals surface area contributed by atoms with E-state index in [1.54, 1.807) is 6.07 Å².